The Bertz CT molecular complexity index is 1100. The van der Waals surface area contributed by atoms with Crippen molar-refractivity contribution >= 4 is 6.08 Å². The van der Waals surface area contributed by atoms with Crippen LogP contribution in [0.5, 0.6) is 11.5 Å². The summed E-state index contributed by atoms with van der Waals surface area (Å²) in [5.74, 6) is -0.515. The third kappa shape index (κ3) is 5.64. The van der Waals surface area contributed by atoms with E-state index in [1.165, 1.54) is 19.3 Å². The van der Waals surface area contributed by atoms with Crippen molar-refractivity contribution < 1.29 is 22.6 Å². The number of halogens is 3. The maximum atomic E-state index is 14.4. The van der Waals surface area contributed by atoms with Crippen LogP contribution in [0.1, 0.15) is 42.7 Å². The van der Waals surface area contributed by atoms with E-state index in [4.69, 9.17) is 9.47 Å². The molecule has 1 aliphatic rings. The van der Waals surface area contributed by atoms with Gasteiger partial charge >= 0.3 is 0 Å². The van der Waals surface area contributed by atoms with Gasteiger partial charge in [0.2, 0.25) is 5.82 Å². The summed E-state index contributed by atoms with van der Waals surface area (Å²) in [6.45, 7) is 0.146. The van der Waals surface area contributed by atoms with Crippen LogP contribution in [0.25, 0.3) is 17.2 Å². The maximum absolute atomic E-state index is 14.4. The average molecular weight is 467 g/mol. The van der Waals surface area contributed by atoms with E-state index in [0.29, 0.717) is 18.1 Å². The minimum atomic E-state index is -0.904. The quantitative estimate of drug-likeness (QED) is 0.335. The first-order valence-corrected chi connectivity index (χ1v) is 11.7. The van der Waals surface area contributed by atoms with E-state index in [1.54, 1.807) is 12.1 Å². The first-order chi connectivity index (χ1) is 16.6. The van der Waals surface area contributed by atoms with E-state index >= 15 is 0 Å². The van der Waals surface area contributed by atoms with Gasteiger partial charge < -0.3 is 9.47 Å². The van der Waals surface area contributed by atoms with Gasteiger partial charge in [-0.2, -0.15) is 4.39 Å². The third-order valence-electron chi connectivity index (χ3n) is 6.57. The molecule has 3 aromatic carbocycles. The Morgan fingerprint density at radius 1 is 0.824 bits per heavy atom. The van der Waals surface area contributed by atoms with Crippen molar-refractivity contribution in [2.75, 3.05) is 20.4 Å². The van der Waals surface area contributed by atoms with Crippen LogP contribution in [0.4, 0.5) is 13.2 Å². The summed E-state index contributed by atoms with van der Waals surface area (Å²) in [4.78, 5) is 0. The highest BCUT2D eigenvalue weighted by Gasteiger charge is 2.27. The van der Waals surface area contributed by atoms with Gasteiger partial charge in [0, 0.05) is 0 Å². The zero-order valence-corrected chi connectivity index (χ0v) is 19.3. The van der Waals surface area contributed by atoms with Crippen molar-refractivity contribution in [2.24, 2.45) is 5.92 Å². The van der Waals surface area contributed by atoms with Crippen LogP contribution in [-0.2, 0) is 0 Å². The van der Waals surface area contributed by atoms with E-state index in [0.717, 1.165) is 48.1 Å². The fraction of sp³-hybridized carbons (Fsp3) is 0.310. The Morgan fingerprint density at radius 2 is 1.47 bits per heavy atom. The highest BCUT2D eigenvalue weighted by molar-refractivity contribution is 5.66. The van der Waals surface area contributed by atoms with Gasteiger partial charge in [0.1, 0.15) is 12.4 Å². The lowest BCUT2D eigenvalue weighted by Crippen LogP contribution is -2.20. The molecular weight excluding hydrogens is 437 g/mol. The van der Waals surface area contributed by atoms with Crippen LogP contribution in [0, 0.1) is 17.6 Å². The Balaban J connectivity index is 1.28. The predicted octanol–water partition coefficient (Wildman–Crippen LogP) is 7.98. The number of hydrogen-bond acceptors (Lipinski definition) is 2. The molecule has 2 nitrogen and oxygen atoms in total. The highest BCUT2D eigenvalue weighted by atomic mass is 19.2. The zero-order valence-electron chi connectivity index (χ0n) is 19.3. The Morgan fingerprint density at radius 3 is 2.09 bits per heavy atom. The second-order valence-corrected chi connectivity index (χ2v) is 8.72. The lowest BCUT2D eigenvalue weighted by molar-refractivity contribution is 0.199. The number of methoxy groups -OCH3 is 1. The molecule has 1 fully saturated rings. The van der Waals surface area contributed by atoms with E-state index in [2.05, 4.69) is 0 Å². The fourth-order valence-electron chi connectivity index (χ4n) is 4.58. The number of ether oxygens (including phenoxy) is 2. The molecule has 0 saturated heterocycles. The van der Waals surface area contributed by atoms with Crippen LogP contribution in [0.3, 0.4) is 0 Å². The van der Waals surface area contributed by atoms with Gasteiger partial charge in [0.05, 0.1) is 13.7 Å². The molecule has 0 heterocycles. The molecule has 0 bridgehead atoms. The normalized spacial score (nSPS) is 18.2. The average Bonchev–Trinajstić information content (AvgIpc) is 2.89. The van der Waals surface area contributed by atoms with Crippen molar-refractivity contribution in [2.45, 2.75) is 31.6 Å². The van der Waals surface area contributed by atoms with Crippen LogP contribution in [0.2, 0.25) is 0 Å². The topological polar surface area (TPSA) is 18.5 Å². The van der Waals surface area contributed by atoms with Crippen LogP contribution >= 0.6 is 0 Å². The number of benzene rings is 3. The van der Waals surface area contributed by atoms with Gasteiger partial charge in [-0.25, -0.2) is 8.78 Å². The lowest BCUT2D eigenvalue weighted by atomic mass is 9.79. The number of hydrogen-bond donors (Lipinski definition) is 0. The number of alkyl halides is 1. The molecule has 0 radical (unpaired) electrons. The Hall–Kier alpha value is -3.21. The van der Waals surface area contributed by atoms with Gasteiger partial charge in [0.25, 0.3) is 0 Å². The van der Waals surface area contributed by atoms with Crippen molar-refractivity contribution in [1.29, 1.82) is 0 Å². The largest absolute Gasteiger partial charge is 0.494 e. The minimum Gasteiger partial charge on any atom is -0.494 e. The second kappa shape index (κ2) is 11.3. The molecule has 3 aromatic rings. The van der Waals surface area contributed by atoms with E-state index < -0.39 is 18.3 Å². The number of rotatable bonds is 8. The van der Waals surface area contributed by atoms with Crippen molar-refractivity contribution in [3.8, 4) is 22.6 Å². The third-order valence-corrected chi connectivity index (χ3v) is 6.57. The molecule has 0 N–H and O–H groups in total. The molecule has 0 atom stereocenters. The van der Waals surface area contributed by atoms with Crippen molar-refractivity contribution in [3.63, 3.8) is 0 Å². The maximum Gasteiger partial charge on any atom is 0.200 e. The number of allylic oxidation sites excluding steroid dienone is 1. The monoisotopic (exact) mass is 466 g/mol. The van der Waals surface area contributed by atoms with Gasteiger partial charge in [-0.05, 0) is 78.0 Å². The molecule has 0 unspecified atom stereocenters. The zero-order chi connectivity index (χ0) is 23.9. The summed E-state index contributed by atoms with van der Waals surface area (Å²) in [6, 6.07) is 19.1. The lowest BCUT2D eigenvalue weighted by Gasteiger charge is -2.29. The highest BCUT2D eigenvalue weighted by Crippen LogP contribution is 2.38. The van der Waals surface area contributed by atoms with E-state index in [-0.39, 0.29) is 11.7 Å². The molecule has 34 heavy (non-hydrogen) atoms. The van der Waals surface area contributed by atoms with Crippen LogP contribution in [-0.4, -0.2) is 20.4 Å². The summed E-state index contributed by atoms with van der Waals surface area (Å²) < 4.78 is 51.6. The fourth-order valence-corrected chi connectivity index (χ4v) is 4.58. The van der Waals surface area contributed by atoms with Gasteiger partial charge in [-0.1, -0.05) is 54.6 Å². The first-order valence-electron chi connectivity index (χ1n) is 11.7. The van der Waals surface area contributed by atoms with Crippen LogP contribution in [0.15, 0.2) is 66.7 Å². The second-order valence-electron chi connectivity index (χ2n) is 8.72. The van der Waals surface area contributed by atoms with Gasteiger partial charge in [-0.3, -0.25) is 0 Å². The van der Waals surface area contributed by atoms with Crippen molar-refractivity contribution in [3.05, 3.63) is 89.5 Å². The summed E-state index contributed by atoms with van der Waals surface area (Å²) in [5, 5.41) is 0. The summed E-state index contributed by atoms with van der Waals surface area (Å²) in [5.41, 5.74) is 3.59. The van der Waals surface area contributed by atoms with Gasteiger partial charge in [-0.15, -0.1) is 0 Å². The summed E-state index contributed by atoms with van der Waals surface area (Å²) in [7, 11) is 1.34. The van der Waals surface area contributed by atoms with E-state index in [1.807, 2.05) is 48.5 Å². The van der Waals surface area contributed by atoms with Gasteiger partial charge in [0.15, 0.2) is 11.6 Å². The molecular formula is C29H29F3O2. The summed E-state index contributed by atoms with van der Waals surface area (Å²) in [6.07, 6.45) is 6.71. The van der Waals surface area contributed by atoms with E-state index in [9.17, 15) is 13.2 Å². The first kappa shape index (κ1) is 23.9. The Labute approximate surface area is 199 Å². The molecule has 1 saturated carbocycles. The molecule has 0 amide bonds. The molecule has 0 aliphatic heterocycles. The predicted molar refractivity (Wildman–Crippen MR) is 130 cm³/mol. The molecule has 4 rings (SSSR count). The molecule has 0 aromatic heterocycles. The van der Waals surface area contributed by atoms with Crippen LogP contribution < -0.4 is 9.47 Å². The SMILES string of the molecule is COc1ccc(C2CCC(COc3ccc(-c4ccc(C=CCF)cc4)cc3)CC2)c(F)c1F. The smallest absolute Gasteiger partial charge is 0.200 e. The van der Waals surface area contributed by atoms with Crippen molar-refractivity contribution in [1.82, 2.24) is 0 Å². The molecule has 1 aliphatic carbocycles. The molecule has 5 heteroatoms. The molecule has 0 spiro atoms. The molecule has 178 valence electrons. The standard InChI is InChI=1S/C29H29F3O2/c1-33-27-17-16-26(28(31)29(27)32)24-10-6-21(7-11-24)19-34-25-14-12-23(13-15-25)22-8-4-20(5-9-22)3-2-18-30/h2-5,8-9,12-17,21,24H,6-7,10-11,18-19H2,1H3. The summed E-state index contributed by atoms with van der Waals surface area (Å²) >= 11 is 0. The Kier molecular flexibility index (Phi) is 7.94. The minimum absolute atomic E-state index is 0.0230.